The van der Waals surface area contributed by atoms with Crippen LogP contribution in [0, 0.1) is 0 Å². The fourth-order valence-corrected chi connectivity index (χ4v) is 1.92. The lowest BCUT2D eigenvalue weighted by Crippen LogP contribution is -1.99. The van der Waals surface area contributed by atoms with Crippen LogP contribution in [0.2, 0.25) is 0 Å². The number of benzene rings is 1. The van der Waals surface area contributed by atoms with E-state index in [0.29, 0.717) is 12.1 Å². The van der Waals surface area contributed by atoms with E-state index in [1.54, 1.807) is 24.3 Å². The molecule has 0 fully saturated rings. The van der Waals surface area contributed by atoms with Gasteiger partial charge in [0.2, 0.25) is 0 Å². The molecule has 1 aromatic carbocycles. The minimum Gasteiger partial charge on any atom is -0.399 e. The number of hydrogen-bond acceptors (Lipinski definition) is 3. The number of Topliss-reactive ketones (excluding diaryl/α,β-unsaturated/α-hetero) is 1. The van der Waals surface area contributed by atoms with Crippen molar-refractivity contribution < 1.29 is 9.90 Å². The molecule has 0 spiro atoms. The molecule has 3 N–H and O–H groups in total. The quantitative estimate of drug-likeness (QED) is 0.401. The van der Waals surface area contributed by atoms with Crippen molar-refractivity contribution in [1.82, 2.24) is 0 Å². The maximum atomic E-state index is 11.8. The van der Waals surface area contributed by atoms with Crippen molar-refractivity contribution in [3.05, 3.63) is 29.8 Å². The van der Waals surface area contributed by atoms with Crippen molar-refractivity contribution in [3.63, 3.8) is 0 Å². The number of carbonyl (C=O) groups is 1. The number of rotatable bonds is 9. The highest BCUT2D eigenvalue weighted by molar-refractivity contribution is 5.96. The third kappa shape index (κ3) is 5.82. The first-order valence-electron chi connectivity index (χ1n) is 6.73. The Morgan fingerprint density at radius 2 is 1.50 bits per heavy atom. The Morgan fingerprint density at radius 1 is 0.944 bits per heavy atom. The summed E-state index contributed by atoms with van der Waals surface area (Å²) in [6.45, 7) is 0.287. The summed E-state index contributed by atoms with van der Waals surface area (Å²) >= 11 is 0. The Hall–Kier alpha value is -1.35. The number of aliphatic hydroxyl groups is 1. The fourth-order valence-electron chi connectivity index (χ4n) is 1.92. The molecule has 18 heavy (non-hydrogen) atoms. The second-order valence-corrected chi connectivity index (χ2v) is 4.64. The van der Waals surface area contributed by atoms with E-state index in [1.807, 2.05) is 0 Å². The third-order valence-corrected chi connectivity index (χ3v) is 3.04. The van der Waals surface area contributed by atoms with Gasteiger partial charge in [-0.05, 0) is 37.1 Å². The molecule has 0 bridgehead atoms. The van der Waals surface area contributed by atoms with Crippen molar-refractivity contribution in [1.29, 1.82) is 0 Å². The predicted octanol–water partition coefficient (Wildman–Crippen LogP) is 3.17. The van der Waals surface area contributed by atoms with Gasteiger partial charge in [-0.15, -0.1) is 0 Å². The zero-order valence-corrected chi connectivity index (χ0v) is 10.9. The largest absolute Gasteiger partial charge is 0.399 e. The van der Waals surface area contributed by atoms with Gasteiger partial charge >= 0.3 is 0 Å². The standard InChI is InChI=1S/C15H23NO2/c16-14-10-8-13(9-11-14)15(18)7-5-3-1-2-4-6-12-17/h8-11,17H,1-7,12,16H2. The molecule has 1 aromatic rings. The molecule has 3 heteroatoms. The molecule has 0 saturated heterocycles. The van der Waals surface area contributed by atoms with Gasteiger partial charge < -0.3 is 10.8 Å². The average Bonchev–Trinajstić information content (AvgIpc) is 2.38. The summed E-state index contributed by atoms with van der Waals surface area (Å²) in [5.41, 5.74) is 7.02. The Morgan fingerprint density at radius 3 is 2.11 bits per heavy atom. The van der Waals surface area contributed by atoms with Gasteiger partial charge in [-0.3, -0.25) is 4.79 Å². The molecule has 0 aromatic heterocycles. The van der Waals surface area contributed by atoms with E-state index in [1.165, 1.54) is 0 Å². The number of unbranched alkanes of at least 4 members (excludes halogenated alkanes) is 5. The molecule has 0 heterocycles. The van der Waals surface area contributed by atoms with E-state index in [9.17, 15) is 4.79 Å². The summed E-state index contributed by atoms with van der Waals surface area (Å²) in [5, 5.41) is 8.63. The highest BCUT2D eigenvalue weighted by atomic mass is 16.2. The van der Waals surface area contributed by atoms with Gasteiger partial charge in [-0.2, -0.15) is 0 Å². The number of carbonyl (C=O) groups excluding carboxylic acids is 1. The molecule has 0 aliphatic rings. The maximum absolute atomic E-state index is 11.8. The smallest absolute Gasteiger partial charge is 0.162 e. The zero-order chi connectivity index (χ0) is 13.2. The number of anilines is 1. The predicted molar refractivity (Wildman–Crippen MR) is 74.6 cm³/mol. The normalized spacial score (nSPS) is 10.5. The van der Waals surface area contributed by atoms with Crippen LogP contribution in [-0.2, 0) is 0 Å². The molecule has 1 rings (SSSR count). The van der Waals surface area contributed by atoms with E-state index >= 15 is 0 Å². The van der Waals surface area contributed by atoms with Crippen molar-refractivity contribution in [2.75, 3.05) is 12.3 Å². The van der Waals surface area contributed by atoms with E-state index in [4.69, 9.17) is 10.8 Å². The topological polar surface area (TPSA) is 63.3 Å². The monoisotopic (exact) mass is 249 g/mol. The fraction of sp³-hybridized carbons (Fsp3) is 0.533. The number of aliphatic hydroxyl groups excluding tert-OH is 1. The van der Waals surface area contributed by atoms with Gasteiger partial charge in [0.1, 0.15) is 0 Å². The SMILES string of the molecule is Nc1ccc(C(=O)CCCCCCCCO)cc1. The van der Waals surface area contributed by atoms with Crippen LogP contribution in [0.3, 0.4) is 0 Å². The lowest BCUT2D eigenvalue weighted by atomic mass is 10.0. The van der Waals surface area contributed by atoms with Crippen LogP contribution in [0.5, 0.6) is 0 Å². The van der Waals surface area contributed by atoms with E-state index in [2.05, 4.69) is 0 Å². The van der Waals surface area contributed by atoms with Crippen molar-refractivity contribution in [2.24, 2.45) is 0 Å². The molecular formula is C15H23NO2. The van der Waals surface area contributed by atoms with Crippen LogP contribution in [0.25, 0.3) is 0 Å². The molecule has 0 amide bonds. The van der Waals surface area contributed by atoms with Crippen LogP contribution in [0.4, 0.5) is 5.69 Å². The second kappa shape index (κ2) is 8.70. The molecule has 0 radical (unpaired) electrons. The highest BCUT2D eigenvalue weighted by Crippen LogP contribution is 2.12. The summed E-state index contributed by atoms with van der Waals surface area (Å²) in [4.78, 5) is 11.8. The zero-order valence-electron chi connectivity index (χ0n) is 10.9. The van der Waals surface area contributed by atoms with Crippen molar-refractivity contribution in [3.8, 4) is 0 Å². The Labute approximate surface area is 109 Å². The van der Waals surface area contributed by atoms with Crippen LogP contribution < -0.4 is 5.73 Å². The first-order valence-corrected chi connectivity index (χ1v) is 6.73. The van der Waals surface area contributed by atoms with Gasteiger partial charge in [-0.25, -0.2) is 0 Å². The Bertz CT molecular complexity index is 346. The van der Waals surface area contributed by atoms with Gasteiger partial charge in [0.05, 0.1) is 0 Å². The lowest BCUT2D eigenvalue weighted by molar-refractivity contribution is 0.0979. The van der Waals surface area contributed by atoms with E-state index < -0.39 is 0 Å². The van der Waals surface area contributed by atoms with Gasteiger partial charge in [-0.1, -0.05) is 25.7 Å². The van der Waals surface area contributed by atoms with Crippen LogP contribution >= 0.6 is 0 Å². The molecular weight excluding hydrogens is 226 g/mol. The van der Waals surface area contributed by atoms with Crippen molar-refractivity contribution in [2.45, 2.75) is 44.9 Å². The molecule has 0 atom stereocenters. The molecule has 100 valence electrons. The molecule has 3 nitrogen and oxygen atoms in total. The maximum Gasteiger partial charge on any atom is 0.162 e. The number of hydrogen-bond donors (Lipinski definition) is 2. The van der Waals surface area contributed by atoms with Crippen LogP contribution in [0.1, 0.15) is 55.3 Å². The van der Waals surface area contributed by atoms with E-state index in [-0.39, 0.29) is 12.4 Å². The van der Waals surface area contributed by atoms with Gasteiger partial charge in [0.25, 0.3) is 0 Å². The number of nitrogen functional groups attached to an aromatic ring is 1. The molecule has 0 unspecified atom stereocenters. The summed E-state index contributed by atoms with van der Waals surface area (Å²) < 4.78 is 0. The Balaban J connectivity index is 2.12. The van der Waals surface area contributed by atoms with Crippen LogP contribution in [-0.4, -0.2) is 17.5 Å². The second-order valence-electron chi connectivity index (χ2n) is 4.64. The number of ketones is 1. The summed E-state index contributed by atoms with van der Waals surface area (Å²) in [6, 6.07) is 7.11. The van der Waals surface area contributed by atoms with Gasteiger partial charge in [0.15, 0.2) is 5.78 Å². The average molecular weight is 249 g/mol. The Kier molecular flexibility index (Phi) is 7.11. The van der Waals surface area contributed by atoms with Crippen molar-refractivity contribution >= 4 is 11.5 Å². The summed E-state index contributed by atoms with van der Waals surface area (Å²) in [6.07, 6.45) is 6.93. The lowest BCUT2D eigenvalue weighted by Gasteiger charge is -2.02. The molecule has 0 saturated carbocycles. The minimum absolute atomic E-state index is 0.199. The summed E-state index contributed by atoms with van der Waals surface area (Å²) in [7, 11) is 0. The van der Waals surface area contributed by atoms with Crippen LogP contribution in [0.15, 0.2) is 24.3 Å². The van der Waals surface area contributed by atoms with Gasteiger partial charge in [0, 0.05) is 24.3 Å². The highest BCUT2D eigenvalue weighted by Gasteiger charge is 2.04. The van der Waals surface area contributed by atoms with E-state index in [0.717, 1.165) is 44.1 Å². The first-order chi connectivity index (χ1) is 8.74. The molecule has 0 aliphatic carbocycles. The molecule has 0 aliphatic heterocycles. The summed E-state index contributed by atoms with van der Waals surface area (Å²) in [5.74, 6) is 0.199. The third-order valence-electron chi connectivity index (χ3n) is 3.04. The first kappa shape index (κ1) is 14.7. The number of nitrogens with two attached hydrogens (primary N) is 1. The minimum atomic E-state index is 0.199.